The Kier molecular flexibility index (Phi) is 7.93. The van der Waals surface area contributed by atoms with Crippen molar-refractivity contribution in [2.75, 3.05) is 84.1 Å². The Labute approximate surface area is 167 Å². The first kappa shape index (κ1) is 20.4. The van der Waals surface area contributed by atoms with Crippen LogP contribution in [0.4, 0.5) is 5.69 Å². The lowest BCUT2D eigenvalue weighted by atomic mass is 10.2. The fraction of sp³-hybridized carbons (Fsp3) is 0.600. The minimum absolute atomic E-state index is 0.115. The van der Waals surface area contributed by atoms with Crippen molar-refractivity contribution in [3.8, 4) is 0 Å². The SMILES string of the molecule is CN=C(NCCN1CCOCC1)NCC(=O)N1CCN(c2ccccc2)CC1. The van der Waals surface area contributed by atoms with Gasteiger partial charge in [0.1, 0.15) is 0 Å². The molecule has 1 aromatic carbocycles. The highest BCUT2D eigenvalue weighted by atomic mass is 16.5. The Morgan fingerprint density at radius 2 is 1.75 bits per heavy atom. The van der Waals surface area contributed by atoms with Crippen LogP contribution in [0.5, 0.6) is 0 Å². The Morgan fingerprint density at radius 1 is 1.04 bits per heavy atom. The first-order chi connectivity index (χ1) is 13.8. The molecule has 8 nitrogen and oxygen atoms in total. The minimum atomic E-state index is 0.115. The summed E-state index contributed by atoms with van der Waals surface area (Å²) < 4.78 is 5.36. The Hall–Kier alpha value is -2.32. The van der Waals surface area contributed by atoms with E-state index in [1.807, 2.05) is 11.0 Å². The molecule has 0 spiro atoms. The number of aliphatic imine (C=N–C) groups is 1. The van der Waals surface area contributed by atoms with Crippen LogP contribution in [0.25, 0.3) is 0 Å². The molecule has 28 heavy (non-hydrogen) atoms. The summed E-state index contributed by atoms with van der Waals surface area (Å²) in [5.74, 6) is 0.786. The predicted molar refractivity (Wildman–Crippen MR) is 112 cm³/mol. The lowest BCUT2D eigenvalue weighted by Crippen LogP contribution is -2.52. The molecular weight excluding hydrogens is 356 g/mol. The zero-order valence-electron chi connectivity index (χ0n) is 16.8. The number of nitrogens with one attached hydrogen (secondary N) is 2. The number of nitrogens with zero attached hydrogens (tertiary/aromatic N) is 4. The third-order valence-electron chi connectivity index (χ3n) is 5.21. The van der Waals surface area contributed by atoms with Crippen LogP contribution in [0.2, 0.25) is 0 Å². The summed E-state index contributed by atoms with van der Waals surface area (Å²) in [7, 11) is 1.73. The molecule has 1 amide bonds. The summed E-state index contributed by atoms with van der Waals surface area (Å²) >= 11 is 0. The van der Waals surface area contributed by atoms with Crippen molar-refractivity contribution >= 4 is 17.6 Å². The summed E-state index contributed by atoms with van der Waals surface area (Å²) in [6.07, 6.45) is 0. The van der Waals surface area contributed by atoms with Crippen LogP contribution in [0.3, 0.4) is 0 Å². The van der Waals surface area contributed by atoms with Crippen LogP contribution in [-0.4, -0.2) is 101 Å². The maximum absolute atomic E-state index is 12.5. The second-order valence-electron chi connectivity index (χ2n) is 7.01. The van der Waals surface area contributed by atoms with E-state index < -0.39 is 0 Å². The van der Waals surface area contributed by atoms with Crippen molar-refractivity contribution < 1.29 is 9.53 Å². The number of para-hydroxylation sites is 1. The van der Waals surface area contributed by atoms with Crippen LogP contribution in [0, 0.1) is 0 Å². The number of piperazine rings is 1. The number of hydrogen-bond acceptors (Lipinski definition) is 5. The van der Waals surface area contributed by atoms with Crippen molar-refractivity contribution in [1.82, 2.24) is 20.4 Å². The first-order valence-corrected chi connectivity index (χ1v) is 10.1. The van der Waals surface area contributed by atoms with Gasteiger partial charge in [-0.15, -0.1) is 0 Å². The van der Waals surface area contributed by atoms with Gasteiger partial charge in [0.2, 0.25) is 5.91 Å². The number of amides is 1. The van der Waals surface area contributed by atoms with E-state index in [0.717, 1.165) is 65.6 Å². The number of rotatable bonds is 6. The van der Waals surface area contributed by atoms with Crippen LogP contribution < -0.4 is 15.5 Å². The average Bonchev–Trinajstić information content (AvgIpc) is 2.77. The number of carbonyl (C=O) groups is 1. The zero-order valence-corrected chi connectivity index (χ0v) is 16.8. The summed E-state index contributed by atoms with van der Waals surface area (Å²) in [4.78, 5) is 23.3. The van der Waals surface area contributed by atoms with E-state index in [-0.39, 0.29) is 12.5 Å². The number of anilines is 1. The van der Waals surface area contributed by atoms with Gasteiger partial charge in [0.25, 0.3) is 0 Å². The molecular formula is C20H32N6O2. The maximum atomic E-state index is 12.5. The van der Waals surface area contributed by atoms with Crippen molar-refractivity contribution in [3.63, 3.8) is 0 Å². The van der Waals surface area contributed by atoms with Gasteiger partial charge in [-0.1, -0.05) is 18.2 Å². The summed E-state index contributed by atoms with van der Waals surface area (Å²) in [6, 6.07) is 10.4. The van der Waals surface area contributed by atoms with Crippen LogP contribution in [0.1, 0.15) is 0 Å². The largest absolute Gasteiger partial charge is 0.379 e. The second-order valence-corrected chi connectivity index (χ2v) is 7.01. The quantitative estimate of drug-likeness (QED) is 0.521. The van der Waals surface area contributed by atoms with Gasteiger partial charge in [0, 0.05) is 65.1 Å². The van der Waals surface area contributed by atoms with Gasteiger partial charge in [-0.3, -0.25) is 14.7 Å². The third-order valence-corrected chi connectivity index (χ3v) is 5.21. The van der Waals surface area contributed by atoms with E-state index in [2.05, 4.69) is 49.7 Å². The van der Waals surface area contributed by atoms with Crippen molar-refractivity contribution in [2.24, 2.45) is 4.99 Å². The van der Waals surface area contributed by atoms with Crippen LogP contribution in [-0.2, 0) is 9.53 Å². The van der Waals surface area contributed by atoms with Gasteiger partial charge in [0.15, 0.2) is 5.96 Å². The van der Waals surface area contributed by atoms with Crippen molar-refractivity contribution in [3.05, 3.63) is 30.3 Å². The minimum Gasteiger partial charge on any atom is -0.379 e. The highest BCUT2D eigenvalue weighted by Gasteiger charge is 2.21. The van der Waals surface area contributed by atoms with Crippen LogP contribution in [0.15, 0.2) is 35.3 Å². The molecule has 0 unspecified atom stereocenters. The van der Waals surface area contributed by atoms with Gasteiger partial charge in [0.05, 0.1) is 19.8 Å². The Bertz CT molecular complexity index is 625. The normalized spacial score (nSPS) is 18.8. The third kappa shape index (κ3) is 6.10. The van der Waals surface area contributed by atoms with E-state index in [4.69, 9.17) is 4.74 Å². The Morgan fingerprint density at radius 3 is 2.43 bits per heavy atom. The summed E-state index contributed by atoms with van der Waals surface area (Å²) in [6.45, 7) is 8.79. The predicted octanol–water partition coefficient (Wildman–Crippen LogP) is -0.168. The fourth-order valence-corrected chi connectivity index (χ4v) is 3.50. The highest BCUT2D eigenvalue weighted by molar-refractivity contribution is 5.86. The van der Waals surface area contributed by atoms with Gasteiger partial charge >= 0.3 is 0 Å². The van der Waals surface area contributed by atoms with Gasteiger partial charge < -0.3 is 25.2 Å². The molecule has 8 heteroatoms. The molecule has 0 aliphatic carbocycles. The fourth-order valence-electron chi connectivity index (χ4n) is 3.50. The summed E-state index contributed by atoms with van der Waals surface area (Å²) in [5, 5.41) is 6.42. The first-order valence-electron chi connectivity index (χ1n) is 10.1. The lowest BCUT2D eigenvalue weighted by Gasteiger charge is -2.36. The molecule has 2 N–H and O–H groups in total. The maximum Gasteiger partial charge on any atom is 0.242 e. The number of hydrogen-bond donors (Lipinski definition) is 2. The van der Waals surface area contributed by atoms with Gasteiger partial charge in [-0.2, -0.15) is 0 Å². The van der Waals surface area contributed by atoms with E-state index in [0.29, 0.717) is 5.96 Å². The zero-order chi connectivity index (χ0) is 19.6. The Balaban J connectivity index is 1.34. The molecule has 0 saturated carbocycles. The topological polar surface area (TPSA) is 72.4 Å². The standard InChI is InChI=1S/C20H32N6O2/c1-21-20(22-7-8-24-13-15-28-16-14-24)23-17-19(27)26-11-9-25(10-12-26)18-5-3-2-4-6-18/h2-6H,7-17H2,1H3,(H2,21,22,23). The second kappa shape index (κ2) is 10.9. The van der Waals surface area contributed by atoms with Crippen LogP contribution >= 0.6 is 0 Å². The number of morpholine rings is 1. The summed E-state index contributed by atoms with van der Waals surface area (Å²) in [5.41, 5.74) is 1.22. The molecule has 2 heterocycles. The van der Waals surface area contributed by atoms with Crippen molar-refractivity contribution in [2.45, 2.75) is 0 Å². The number of carbonyl (C=O) groups excluding carboxylic acids is 1. The molecule has 3 rings (SSSR count). The molecule has 0 bridgehead atoms. The molecule has 0 atom stereocenters. The average molecular weight is 389 g/mol. The molecule has 154 valence electrons. The van der Waals surface area contributed by atoms with Gasteiger partial charge in [-0.05, 0) is 12.1 Å². The molecule has 2 aliphatic rings. The smallest absolute Gasteiger partial charge is 0.242 e. The van der Waals surface area contributed by atoms with Gasteiger partial charge in [-0.25, -0.2) is 0 Å². The van der Waals surface area contributed by atoms with E-state index in [1.165, 1.54) is 5.69 Å². The number of ether oxygens (including phenoxy) is 1. The van der Waals surface area contributed by atoms with E-state index in [1.54, 1.807) is 7.05 Å². The van der Waals surface area contributed by atoms with Crippen molar-refractivity contribution in [1.29, 1.82) is 0 Å². The molecule has 1 aromatic rings. The highest BCUT2D eigenvalue weighted by Crippen LogP contribution is 2.15. The molecule has 0 radical (unpaired) electrons. The van der Waals surface area contributed by atoms with E-state index >= 15 is 0 Å². The number of guanidine groups is 1. The number of benzene rings is 1. The monoisotopic (exact) mass is 388 g/mol. The molecule has 0 aromatic heterocycles. The molecule has 2 saturated heterocycles. The van der Waals surface area contributed by atoms with E-state index in [9.17, 15) is 4.79 Å². The lowest BCUT2D eigenvalue weighted by molar-refractivity contribution is -0.130. The molecule has 2 fully saturated rings. The molecule has 2 aliphatic heterocycles.